The SMILES string of the molecule is CC(=O)[C@@H](OC(C)(C)C)c1c(C)cc2nc(-c3ccnc(-c4ccc5c(C)cn(C)c5n4)c3)sc2c1-c1ccc(Cl)cc1. The number of fused-ring (bicyclic) bond motifs is 2. The number of carbonyl (C=O) groups is 1. The van der Waals surface area contributed by atoms with Gasteiger partial charge in [0.1, 0.15) is 16.8 Å². The van der Waals surface area contributed by atoms with E-state index in [1.807, 2.05) is 81.8 Å². The number of nitrogens with zero attached hydrogens (tertiary/aromatic N) is 4. The van der Waals surface area contributed by atoms with E-state index in [-0.39, 0.29) is 5.78 Å². The highest BCUT2D eigenvalue weighted by Crippen LogP contribution is 2.44. The summed E-state index contributed by atoms with van der Waals surface area (Å²) in [6.45, 7) is 11.6. The maximum absolute atomic E-state index is 13.1. The van der Waals surface area contributed by atoms with Crippen molar-refractivity contribution in [3.05, 3.63) is 88.7 Å². The largest absolute Gasteiger partial charge is 0.360 e. The number of ketones is 1. The van der Waals surface area contributed by atoms with E-state index < -0.39 is 11.7 Å². The number of aryl methyl sites for hydroxylation is 3. The first kappa shape index (κ1) is 29.2. The van der Waals surface area contributed by atoms with Crippen molar-refractivity contribution in [2.75, 3.05) is 0 Å². The first-order chi connectivity index (χ1) is 20.4. The van der Waals surface area contributed by atoms with Crippen molar-refractivity contribution in [3.63, 3.8) is 0 Å². The van der Waals surface area contributed by atoms with E-state index in [2.05, 4.69) is 30.2 Å². The van der Waals surface area contributed by atoms with Gasteiger partial charge in [-0.3, -0.25) is 9.78 Å². The summed E-state index contributed by atoms with van der Waals surface area (Å²) in [5, 5.41) is 2.64. The lowest BCUT2D eigenvalue weighted by atomic mass is 9.90. The Labute approximate surface area is 260 Å². The van der Waals surface area contributed by atoms with Crippen molar-refractivity contribution in [1.82, 2.24) is 19.5 Å². The standard InChI is InChI=1S/C35H33ClN4O2S/c1-19-16-28-32(30(22-8-10-24(36)11-9-22)29(19)31(21(3)41)42-35(4,5)6)43-34(39-28)23-14-15-37-27(17-23)26-13-12-25-20(2)18-40(7)33(25)38-26/h8-18,31H,1-7H3/t31-/m1/s1. The van der Waals surface area contributed by atoms with Gasteiger partial charge in [-0.25, -0.2) is 9.97 Å². The van der Waals surface area contributed by atoms with Gasteiger partial charge in [0.2, 0.25) is 0 Å². The molecule has 6 rings (SSSR count). The fourth-order valence-electron chi connectivity index (χ4n) is 5.57. The number of Topliss-reactive ketones (excluding diaryl/α,β-unsaturated/α-hetero) is 1. The fourth-order valence-corrected chi connectivity index (χ4v) is 6.81. The minimum absolute atomic E-state index is 0.0472. The van der Waals surface area contributed by atoms with Gasteiger partial charge in [-0.15, -0.1) is 11.3 Å². The number of pyridine rings is 2. The summed E-state index contributed by atoms with van der Waals surface area (Å²) in [6.07, 6.45) is 3.17. The first-order valence-corrected chi connectivity index (χ1v) is 15.4. The highest BCUT2D eigenvalue weighted by Gasteiger charge is 2.30. The van der Waals surface area contributed by atoms with Crippen LogP contribution in [0.2, 0.25) is 5.02 Å². The zero-order valence-corrected chi connectivity index (χ0v) is 26.9. The quantitative estimate of drug-likeness (QED) is 0.188. The summed E-state index contributed by atoms with van der Waals surface area (Å²) in [6, 6.07) is 17.9. The van der Waals surface area contributed by atoms with Gasteiger partial charge in [-0.1, -0.05) is 23.7 Å². The van der Waals surface area contributed by atoms with Gasteiger partial charge in [0.15, 0.2) is 5.78 Å². The molecule has 218 valence electrons. The number of rotatable bonds is 6. The van der Waals surface area contributed by atoms with Gasteiger partial charge in [0.05, 0.1) is 27.2 Å². The van der Waals surface area contributed by atoms with Crippen molar-refractivity contribution in [3.8, 4) is 33.1 Å². The summed E-state index contributed by atoms with van der Waals surface area (Å²) >= 11 is 7.87. The molecule has 8 heteroatoms. The lowest BCUT2D eigenvalue weighted by Crippen LogP contribution is -2.27. The molecule has 6 aromatic rings. The third-order valence-electron chi connectivity index (χ3n) is 7.45. The van der Waals surface area contributed by atoms with Crippen LogP contribution in [0.4, 0.5) is 0 Å². The lowest BCUT2D eigenvalue weighted by molar-refractivity contribution is -0.138. The molecule has 0 aliphatic carbocycles. The Morgan fingerprint density at radius 1 is 0.953 bits per heavy atom. The third-order valence-corrected chi connectivity index (χ3v) is 8.84. The monoisotopic (exact) mass is 608 g/mol. The van der Waals surface area contributed by atoms with E-state index in [4.69, 9.17) is 26.3 Å². The van der Waals surface area contributed by atoms with Crippen LogP contribution >= 0.6 is 22.9 Å². The second kappa shape index (κ2) is 11.0. The summed E-state index contributed by atoms with van der Waals surface area (Å²) in [4.78, 5) is 27.7. The first-order valence-electron chi connectivity index (χ1n) is 14.2. The Bertz CT molecular complexity index is 2020. The molecule has 4 heterocycles. The Morgan fingerprint density at radius 3 is 2.40 bits per heavy atom. The van der Waals surface area contributed by atoms with Gasteiger partial charge < -0.3 is 9.30 Å². The highest BCUT2D eigenvalue weighted by molar-refractivity contribution is 7.22. The van der Waals surface area contributed by atoms with E-state index >= 15 is 0 Å². The maximum Gasteiger partial charge on any atom is 0.163 e. The van der Waals surface area contributed by atoms with Crippen LogP contribution in [0.5, 0.6) is 0 Å². The smallest absolute Gasteiger partial charge is 0.163 e. The van der Waals surface area contributed by atoms with Gasteiger partial charge in [-0.05, 0) is 101 Å². The fraction of sp³-hybridized carbons (Fsp3) is 0.257. The molecule has 0 unspecified atom stereocenters. The summed E-state index contributed by atoms with van der Waals surface area (Å²) < 4.78 is 9.42. The van der Waals surface area contributed by atoms with E-state index in [0.717, 1.165) is 65.5 Å². The van der Waals surface area contributed by atoms with Gasteiger partial charge in [-0.2, -0.15) is 0 Å². The maximum atomic E-state index is 13.1. The molecule has 1 atom stereocenters. The number of hydrogen-bond acceptors (Lipinski definition) is 6. The molecule has 0 fully saturated rings. The Kier molecular flexibility index (Phi) is 7.45. The number of halogens is 1. The summed E-state index contributed by atoms with van der Waals surface area (Å²) in [5.74, 6) is -0.0472. The van der Waals surface area contributed by atoms with Gasteiger partial charge >= 0.3 is 0 Å². The molecule has 0 radical (unpaired) electrons. The molecule has 0 aliphatic heterocycles. The molecule has 0 aliphatic rings. The molecule has 0 N–H and O–H groups in total. The highest BCUT2D eigenvalue weighted by atomic mass is 35.5. The van der Waals surface area contributed by atoms with Crippen molar-refractivity contribution in [1.29, 1.82) is 0 Å². The number of hydrogen-bond donors (Lipinski definition) is 0. The van der Waals surface area contributed by atoms with Crippen LogP contribution in [0.25, 0.3) is 54.3 Å². The minimum Gasteiger partial charge on any atom is -0.360 e. The lowest BCUT2D eigenvalue weighted by Gasteiger charge is -2.29. The molecule has 6 nitrogen and oxygen atoms in total. The zero-order valence-electron chi connectivity index (χ0n) is 25.3. The van der Waals surface area contributed by atoms with Crippen molar-refractivity contribution < 1.29 is 9.53 Å². The number of carbonyl (C=O) groups excluding carboxylic acids is 1. The van der Waals surface area contributed by atoms with Crippen LogP contribution in [-0.4, -0.2) is 30.9 Å². The average molecular weight is 609 g/mol. The molecule has 43 heavy (non-hydrogen) atoms. The van der Waals surface area contributed by atoms with E-state index in [0.29, 0.717) is 5.02 Å². The minimum atomic E-state index is -0.727. The van der Waals surface area contributed by atoms with E-state index in [1.54, 1.807) is 24.5 Å². The molecular formula is C35H33ClN4O2S. The summed E-state index contributed by atoms with van der Waals surface area (Å²) in [5.41, 5.74) is 8.71. The number of aromatic nitrogens is 4. The molecule has 0 saturated heterocycles. The molecule has 2 aromatic carbocycles. The number of thiazole rings is 1. The Morgan fingerprint density at radius 2 is 1.70 bits per heavy atom. The summed E-state index contributed by atoms with van der Waals surface area (Å²) in [7, 11) is 2.01. The normalized spacial score (nSPS) is 12.7. The molecular weight excluding hydrogens is 576 g/mol. The van der Waals surface area contributed by atoms with Crippen LogP contribution in [-0.2, 0) is 16.6 Å². The van der Waals surface area contributed by atoms with Crippen LogP contribution in [0.3, 0.4) is 0 Å². The molecule has 0 saturated carbocycles. The average Bonchev–Trinajstić information content (AvgIpc) is 3.51. The van der Waals surface area contributed by atoms with Crippen LogP contribution in [0.1, 0.15) is 50.5 Å². The van der Waals surface area contributed by atoms with Crippen LogP contribution in [0, 0.1) is 13.8 Å². The van der Waals surface area contributed by atoms with E-state index in [9.17, 15) is 4.79 Å². The van der Waals surface area contributed by atoms with E-state index in [1.165, 1.54) is 5.56 Å². The molecule has 0 bridgehead atoms. The number of benzene rings is 2. The van der Waals surface area contributed by atoms with Gasteiger partial charge in [0.25, 0.3) is 0 Å². The topological polar surface area (TPSA) is 69.9 Å². The predicted octanol–water partition coefficient (Wildman–Crippen LogP) is 9.29. The second-order valence-electron chi connectivity index (χ2n) is 12.0. The molecule has 4 aromatic heterocycles. The Balaban J connectivity index is 1.53. The van der Waals surface area contributed by atoms with Crippen LogP contribution in [0.15, 0.2) is 67.0 Å². The number of ether oxygens (including phenoxy) is 1. The molecule has 0 spiro atoms. The zero-order chi connectivity index (χ0) is 30.6. The van der Waals surface area contributed by atoms with Crippen molar-refractivity contribution in [2.45, 2.75) is 53.2 Å². The van der Waals surface area contributed by atoms with Crippen molar-refractivity contribution >= 4 is 50.0 Å². The predicted molar refractivity (Wildman–Crippen MR) is 177 cm³/mol. The third kappa shape index (κ3) is 5.60. The molecule has 0 amide bonds. The Hall–Kier alpha value is -3.91. The second-order valence-corrected chi connectivity index (χ2v) is 13.4. The van der Waals surface area contributed by atoms with Crippen molar-refractivity contribution in [2.24, 2.45) is 7.05 Å². The van der Waals surface area contributed by atoms with Gasteiger partial charge in [0, 0.05) is 46.5 Å². The van der Waals surface area contributed by atoms with Crippen LogP contribution < -0.4 is 0 Å².